The zero-order valence-corrected chi connectivity index (χ0v) is 23.7. The summed E-state index contributed by atoms with van der Waals surface area (Å²) in [6.45, 7) is 11.1. The molecule has 3 rings (SSSR count). The SMILES string of the molecule is C#CC(/C=C\C)N=NN(C/C=C\C)OCCCC(=O)N1CCN(c2ncnc3sc(CC)cc23)C(CC)C1. The van der Waals surface area contributed by atoms with E-state index in [0.29, 0.717) is 39.1 Å². The van der Waals surface area contributed by atoms with Gasteiger partial charge in [-0.2, -0.15) is 5.17 Å². The Labute approximate surface area is 230 Å². The molecule has 1 aliphatic rings. The van der Waals surface area contributed by atoms with E-state index in [1.54, 1.807) is 23.7 Å². The molecule has 9 nitrogen and oxygen atoms in total. The van der Waals surface area contributed by atoms with E-state index in [0.717, 1.165) is 35.4 Å². The fourth-order valence-corrected chi connectivity index (χ4v) is 5.22. The molecule has 1 saturated heterocycles. The summed E-state index contributed by atoms with van der Waals surface area (Å²) in [7, 11) is 0. The molecule has 0 bridgehead atoms. The number of fused-ring (bicyclic) bond motifs is 1. The zero-order valence-electron chi connectivity index (χ0n) is 22.9. The number of allylic oxidation sites excluding steroid dienone is 2. The molecular formula is C28H39N7O2S. The van der Waals surface area contributed by atoms with Crippen molar-refractivity contribution in [3.05, 3.63) is 41.6 Å². The number of carbonyl (C=O) groups is 1. The summed E-state index contributed by atoms with van der Waals surface area (Å²) in [5, 5.41) is 10.8. The lowest BCUT2D eigenvalue weighted by Crippen LogP contribution is -2.55. The molecule has 2 aromatic heterocycles. The third kappa shape index (κ3) is 7.85. The Bertz CT molecular complexity index is 1170. The maximum absolute atomic E-state index is 13.0. The molecule has 0 aliphatic carbocycles. The predicted molar refractivity (Wildman–Crippen MR) is 154 cm³/mol. The van der Waals surface area contributed by atoms with Crippen LogP contribution in [-0.2, 0) is 16.1 Å². The second-order valence-corrected chi connectivity index (χ2v) is 10.1. The highest BCUT2D eigenvalue weighted by atomic mass is 32.1. The first kappa shape index (κ1) is 29.3. The van der Waals surface area contributed by atoms with E-state index in [9.17, 15) is 4.79 Å². The van der Waals surface area contributed by atoms with Gasteiger partial charge in [-0.1, -0.05) is 44.1 Å². The van der Waals surface area contributed by atoms with Gasteiger partial charge in [0, 0.05) is 37.0 Å². The number of hydroxylamine groups is 1. The van der Waals surface area contributed by atoms with Crippen LogP contribution < -0.4 is 4.90 Å². The summed E-state index contributed by atoms with van der Waals surface area (Å²) in [5.74, 6) is 3.69. The smallest absolute Gasteiger partial charge is 0.222 e. The van der Waals surface area contributed by atoms with Crippen LogP contribution in [0.4, 0.5) is 5.82 Å². The minimum atomic E-state index is -0.435. The summed E-state index contributed by atoms with van der Waals surface area (Å²) in [4.78, 5) is 34.6. The van der Waals surface area contributed by atoms with Crippen LogP contribution in [0.5, 0.6) is 0 Å². The number of carbonyl (C=O) groups excluding carboxylic acids is 1. The molecule has 2 aromatic rings. The number of nitrogens with zero attached hydrogens (tertiary/aromatic N) is 7. The summed E-state index contributed by atoms with van der Waals surface area (Å²) in [5.41, 5.74) is 0. The molecule has 1 fully saturated rings. The zero-order chi connectivity index (χ0) is 27.3. The van der Waals surface area contributed by atoms with Crippen LogP contribution in [0, 0.1) is 12.3 Å². The van der Waals surface area contributed by atoms with Gasteiger partial charge in [0.05, 0.1) is 18.5 Å². The Morgan fingerprint density at radius 1 is 1.34 bits per heavy atom. The van der Waals surface area contributed by atoms with Crippen LogP contribution in [-0.4, -0.2) is 70.8 Å². The Morgan fingerprint density at radius 3 is 2.89 bits per heavy atom. The van der Waals surface area contributed by atoms with Gasteiger partial charge in [-0.25, -0.2) is 9.97 Å². The number of aryl methyl sites for hydroxylation is 1. The second kappa shape index (κ2) is 15.2. The summed E-state index contributed by atoms with van der Waals surface area (Å²) in [6, 6.07) is 1.99. The highest BCUT2D eigenvalue weighted by Gasteiger charge is 2.30. The Hall–Kier alpha value is -3.29. The van der Waals surface area contributed by atoms with Crippen molar-refractivity contribution < 1.29 is 9.63 Å². The molecule has 0 aromatic carbocycles. The first-order chi connectivity index (χ1) is 18.5. The number of hydrogen-bond acceptors (Lipinski definition) is 8. The fraction of sp³-hybridized carbons (Fsp3) is 0.536. The average molecular weight is 538 g/mol. The van der Waals surface area contributed by atoms with E-state index in [2.05, 4.69) is 51.0 Å². The van der Waals surface area contributed by atoms with Gasteiger partial charge in [0.15, 0.2) is 6.04 Å². The highest BCUT2D eigenvalue weighted by Crippen LogP contribution is 2.32. The molecule has 3 heterocycles. The van der Waals surface area contributed by atoms with Crippen molar-refractivity contribution in [2.45, 2.75) is 65.5 Å². The first-order valence-electron chi connectivity index (χ1n) is 13.3. The molecule has 10 heteroatoms. The molecule has 204 valence electrons. The van der Waals surface area contributed by atoms with E-state index in [1.807, 2.05) is 37.0 Å². The van der Waals surface area contributed by atoms with Crippen LogP contribution in [0.1, 0.15) is 51.8 Å². The Morgan fingerprint density at radius 2 is 2.18 bits per heavy atom. The minimum Gasteiger partial charge on any atom is -0.349 e. The standard InChI is InChI=1S/C28H39N7O2S/c1-6-11-15-35(32-31-22(8-3)13-7-2)37-18-12-14-26(36)33-16-17-34(23(9-4)20-33)27-25-19-24(10-5)38-28(25)30-21-29-27/h3,6-7,11,13,19,21-23H,9-10,12,14-18,20H2,1-2,4-5H3/b11-6-,13-7-,32-31?. The second-order valence-electron chi connectivity index (χ2n) is 8.96. The number of aromatic nitrogens is 2. The van der Waals surface area contributed by atoms with Crippen molar-refractivity contribution in [3.8, 4) is 12.3 Å². The van der Waals surface area contributed by atoms with Crippen LogP contribution in [0.2, 0.25) is 0 Å². The van der Waals surface area contributed by atoms with Crippen molar-refractivity contribution in [1.29, 1.82) is 0 Å². The van der Waals surface area contributed by atoms with Crippen LogP contribution in [0.3, 0.4) is 0 Å². The number of anilines is 1. The molecule has 38 heavy (non-hydrogen) atoms. The lowest BCUT2D eigenvalue weighted by molar-refractivity contribution is -0.160. The molecule has 1 amide bonds. The van der Waals surface area contributed by atoms with Gasteiger partial charge in [-0.05, 0) is 44.4 Å². The number of piperazine rings is 1. The van der Waals surface area contributed by atoms with Crippen molar-refractivity contribution in [2.75, 3.05) is 37.7 Å². The molecular weight excluding hydrogens is 498 g/mol. The first-order valence-corrected chi connectivity index (χ1v) is 14.1. The maximum Gasteiger partial charge on any atom is 0.222 e. The van der Waals surface area contributed by atoms with Gasteiger partial charge >= 0.3 is 0 Å². The van der Waals surface area contributed by atoms with Crippen LogP contribution in [0.25, 0.3) is 10.2 Å². The van der Waals surface area contributed by atoms with Crippen molar-refractivity contribution in [3.63, 3.8) is 0 Å². The Balaban J connectivity index is 1.53. The molecule has 1 aliphatic heterocycles. The minimum absolute atomic E-state index is 0.144. The van der Waals surface area contributed by atoms with Gasteiger partial charge < -0.3 is 9.80 Å². The van der Waals surface area contributed by atoms with Gasteiger partial charge in [0.1, 0.15) is 17.0 Å². The predicted octanol–water partition coefficient (Wildman–Crippen LogP) is 5.22. The largest absolute Gasteiger partial charge is 0.349 e. The van der Waals surface area contributed by atoms with Gasteiger partial charge in [-0.3, -0.25) is 9.63 Å². The number of hydrogen-bond donors (Lipinski definition) is 0. The molecule has 0 N–H and O–H groups in total. The van der Waals surface area contributed by atoms with Gasteiger partial charge in [0.2, 0.25) is 5.91 Å². The average Bonchev–Trinajstić information content (AvgIpc) is 3.38. The normalized spacial score (nSPS) is 17.2. The van der Waals surface area contributed by atoms with E-state index >= 15 is 0 Å². The van der Waals surface area contributed by atoms with Crippen molar-refractivity contribution in [1.82, 2.24) is 20.0 Å². The topological polar surface area (TPSA) is 86.5 Å². The molecule has 2 unspecified atom stereocenters. The maximum atomic E-state index is 13.0. The fourth-order valence-electron chi connectivity index (χ4n) is 4.29. The van der Waals surface area contributed by atoms with Crippen molar-refractivity contribution in [2.24, 2.45) is 10.3 Å². The summed E-state index contributed by atoms with van der Waals surface area (Å²) < 4.78 is 0. The van der Waals surface area contributed by atoms with Gasteiger partial charge in [-0.15, -0.1) is 22.9 Å². The molecule has 0 spiro atoms. The monoisotopic (exact) mass is 537 g/mol. The molecule has 0 radical (unpaired) electrons. The van der Waals surface area contributed by atoms with Crippen LogP contribution in [0.15, 0.2) is 47.0 Å². The third-order valence-electron chi connectivity index (χ3n) is 6.38. The van der Waals surface area contributed by atoms with E-state index in [1.165, 1.54) is 10.0 Å². The third-order valence-corrected chi connectivity index (χ3v) is 7.57. The summed E-state index contributed by atoms with van der Waals surface area (Å²) in [6.07, 6.45) is 17.5. The number of terminal acetylenes is 1. The highest BCUT2D eigenvalue weighted by molar-refractivity contribution is 7.18. The lowest BCUT2D eigenvalue weighted by Gasteiger charge is -2.42. The molecule has 0 saturated carbocycles. The molecule has 2 atom stereocenters. The lowest BCUT2D eigenvalue weighted by atomic mass is 10.1. The number of thiophene rings is 1. The quantitative estimate of drug-likeness (QED) is 0.115. The van der Waals surface area contributed by atoms with Crippen molar-refractivity contribution >= 4 is 33.3 Å². The van der Waals surface area contributed by atoms with E-state index < -0.39 is 6.04 Å². The van der Waals surface area contributed by atoms with E-state index in [-0.39, 0.29) is 11.9 Å². The summed E-state index contributed by atoms with van der Waals surface area (Å²) >= 11 is 1.73. The van der Waals surface area contributed by atoms with E-state index in [4.69, 9.17) is 11.3 Å². The number of rotatable bonds is 13. The Kier molecular flexibility index (Phi) is 11.7. The van der Waals surface area contributed by atoms with Crippen LogP contribution >= 0.6 is 11.3 Å². The van der Waals surface area contributed by atoms with Gasteiger partial charge in [0.25, 0.3) is 0 Å². The number of amides is 1.